The molecular formula is C31H37Cl2N3O4S. The molecule has 7 nitrogen and oxygen atoms in total. The topological polar surface area (TPSA) is 89.6 Å². The van der Waals surface area contributed by atoms with Crippen LogP contribution in [0.1, 0.15) is 50.6 Å². The fourth-order valence-electron chi connectivity index (χ4n) is 3.76. The predicted octanol–water partition coefficient (Wildman–Crippen LogP) is 7.27. The number of halogens is 2. The molecule has 0 radical (unpaired) electrons. The number of pyridine rings is 1. The third-order valence-corrected chi connectivity index (χ3v) is 7.72. The van der Waals surface area contributed by atoms with E-state index in [1.165, 1.54) is 17.3 Å². The number of hydrogen-bond acceptors (Lipinski definition) is 6. The molecule has 220 valence electrons. The molecule has 0 unspecified atom stereocenters. The van der Waals surface area contributed by atoms with Gasteiger partial charge in [0.15, 0.2) is 0 Å². The second kappa shape index (κ2) is 16.5. The van der Waals surface area contributed by atoms with Crippen LogP contribution in [0.5, 0.6) is 5.75 Å². The molecule has 3 aromatic rings. The number of nitrogens with one attached hydrogen (secondary N) is 2. The first-order valence-electron chi connectivity index (χ1n) is 13.6. The molecule has 0 spiro atoms. The van der Waals surface area contributed by atoms with Crippen molar-refractivity contribution >= 4 is 47.0 Å². The molecule has 1 heterocycles. The Morgan fingerprint density at radius 3 is 2.32 bits per heavy atom. The van der Waals surface area contributed by atoms with E-state index in [1.807, 2.05) is 69.3 Å². The first-order chi connectivity index (χ1) is 19.6. The van der Waals surface area contributed by atoms with Crippen molar-refractivity contribution in [3.05, 3.63) is 87.7 Å². The van der Waals surface area contributed by atoms with E-state index in [9.17, 15) is 9.59 Å². The van der Waals surface area contributed by atoms with Gasteiger partial charge >= 0.3 is 6.09 Å². The fourth-order valence-corrected chi connectivity index (χ4v) is 5.35. The summed E-state index contributed by atoms with van der Waals surface area (Å²) in [6.07, 6.45) is 1.57. The summed E-state index contributed by atoms with van der Waals surface area (Å²) in [5, 5.41) is 6.79. The molecule has 0 atom stereocenters. The fraction of sp³-hybridized carbons (Fsp3) is 0.387. The van der Waals surface area contributed by atoms with Gasteiger partial charge in [0.2, 0.25) is 5.91 Å². The molecule has 0 saturated heterocycles. The van der Waals surface area contributed by atoms with Gasteiger partial charge in [0, 0.05) is 43.0 Å². The van der Waals surface area contributed by atoms with Gasteiger partial charge in [-0.3, -0.25) is 9.78 Å². The normalized spacial score (nSPS) is 11.1. The van der Waals surface area contributed by atoms with Gasteiger partial charge in [0.05, 0.1) is 28.0 Å². The summed E-state index contributed by atoms with van der Waals surface area (Å²) in [7, 11) is 0. The average Bonchev–Trinajstić information content (AvgIpc) is 2.92. The SMILES string of the molecule is CC(C)(C)OC(=O)NCCCNC(=O)CCc1nc(CSc2c(Cl)cccc2Cl)ccc1OCCc1ccccc1. The van der Waals surface area contributed by atoms with Gasteiger partial charge in [-0.1, -0.05) is 59.6 Å². The highest BCUT2D eigenvalue weighted by Gasteiger charge is 2.16. The van der Waals surface area contributed by atoms with Gasteiger partial charge in [-0.05, 0) is 57.0 Å². The van der Waals surface area contributed by atoms with Crippen LogP contribution in [-0.2, 0) is 28.1 Å². The van der Waals surface area contributed by atoms with E-state index in [4.69, 9.17) is 37.7 Å². The zero-order valence-corrected chi connectivity index (χ0v) is 26.0. The first kappa shape index (κ1) is 32.6. The standard InChI is InChI=1S/C31H37Cl2N3O4S/c1-31(2,3)40-30(38)35-19-8-18-34-28(37)16-14-26-27(39-20-17-22-9-5-4-6-10-22)15-13-23(36-26)21-41-29-24(32)11-7-12-25(29)33/h4-7,9-13,15H,8,14,16-21H2,1-3H3,(H,34,37)(H,35,38). The smallest absolute Gasteiger partial charge is 0.407 e. The third-order valence-electron chi connectivity index (χ3n) is 5.70. The van der Waals surface area contributed by atoms with Crippen molar-refractivity contribution in [1.82, 2.24) is 15.6 Å². The van der Waals surface area contributed by atoms with Crippen LogP contribution in [0, 0.1) is 0 Å². The summed E-state index contributed by atoms with van der Waals surface area (Å²) < 4.78 is 11.3. The molecule has 0 aliphatic rings. The quantitative estimate of drug-likeness (QED) is 0.146. The van der Waals surface area contributed by atoms with E-state index in [1.54, 1.807) is 0 Å². The highest BCUT2D eigenvalue weighted by atomic mass is 35.5. The Morgan fingerprint density at radius 1 is 0.902 bits per heavy atom. The number of amides is 2. The number of nitrogens with zero attached hydrogens (tertiary/aromatic N) is 1. The lowest BCUT2D eigenvalue weighted by Gasteiger charge is -2.19. The summed E-state index contributed by atoms with van der Waals surface area (Å²) >= 11 is 14.2. The lowest BCUT2D eigenvalue weighted by molar-refractivity contribution is -0.121. The Labute approximate surface area is 256 Å². The van der Waals surface area contributed by atoms with Crippen molar-refractivity contribution in [1.29, 1.82) is 0 Å². The molecule has 41 heavy (non-hydrogen) atoms. The van der Waals surface area contributed by atoms with Crippen molar-refractivity contribution in [2.75, 3.05) is 19.7 Å². The molecule has 0 bridgehead atoms. The molecule has 3 rings (SSSR count). The van der Waals surface area contributed by atoms with Crippen LogP contribution in [0.3, 0.4) is 0 Å². The zero-order valence-electron chi connectivity index (χ0n) is 23.7. The Morgan fingerprint density at radius 2 is 1.61 bits per heavy atom. The van der Waals surface area contributed by atoms with E-state index < -0.39 is 11.7 Å². The minimum absolute atomic E-state index is 0.0954. The van der Waals surface area contributed by atoms with Crippen LogP contribution in [0.4, 0.5) is 4.79 Å². The zero-order chi connectivity index (χ0) is 29.7. The van der Waals surface area contributed by atoms with Crippen LogP contribution in [0.25, 0.3) is 0 Å². The number of thioether (sulfide) groups is 1. The summed E-state index contributed by atoms with van der Waals surface area (Å²) in [5.41, 5.74) is 2.20. The van der Waals surface area contributed by atoms with Gasteiger partial charge in [0.25, 0.3) is 0 Å². The molecular weight excluding hydrogens is 581 g/mol. The van der Waals surface area contributed by atoms with E-state index in [-0.39, 0.29) is 12.3 Å². The monoisotopic (exact) mass is 617 g/mol. The lowest BCUT2D eigenvalue weighted by atomic mass is 10.1. The van der Waals surface area contributed by atoms with Crippen LogP contribution in [0.15, 0.2) is 65.6 Å². The summed E-state index contributed by atoms with van der Waals surface area (Å²) in [6, 6.07) is 19.4. The van der Waals surface area contributed by atoms with Gasteiger partial charge in [-0.15, -0.1) is 11.8 Å². The maximum Gasteiger partial charge on any atom is 0.407 e. The second-order valence-corrected chi connectivity index (χ2v) is 12.1. The number of alkyl carbamates (subject to hydrolysis) is 1. The van der Waals surface area contributed by atoms with Crippen molar-refractivity contribution in [3.63, 3.8) is 0 Å². The molecule has 0 aliphatic carbocycles. The van der Waals surface area contributed by atoms with E-state index in [0.717, 1.165) is 22.7 Å². The number of ether oxygens (including phenoxy) is 2. The van der Waals surface area contributed by atoms with Crippen molar-refractivity contribution in [2.45, 2.75) is 62.7 Å². The highest BCUT2D eigenvalue weighted by molar-refractivity contribution is 7.98. The number of rotatable bonds is 14. The number of aryl methyl sites for hydroxylation is 1. The number of carbonyl (C=O) groups excluding carboxylic acids is 2. The van der Waals surface area contributed by atoms with E-state index >= 15 is 0 Å². The summed E-state index contributed by atoms with van der Waals surface area (Å²) in [5.74, 6) is 1.14. The number of carbonyl (C=O) groups is 2. The van der Waals surface area contributed by atoms with Gasteiger partial charge < -0.3 is 20.1 Å². The molecule has 2 N–H and O–H groups in total. The minimum Gasteiger partial charge on any atom is -0.491 e. The Kier molecular flexibility index (Phi) is 13.1. The summed E-state index contributed by atoms with van der Waals surface area (Å²) in [6.45, 7) is 6.78. The maximum absolute atomic E-state index is 12.6. The lowest BCUT2D eigenvalue weighted by Crippen LogP contribution is -2.34. The van der Waals surface area contributed by atoms with E-state index in [0.29, 0.717) is 54.1 Å². The van der Waals surface area contributed by atoms with Crippen molar-refractivity contribution in [2.24, 2.45) is 0 Å². The maximum atomic E-state index is 12.6. The molecule has 2 aromatic carbocycles. The molecule has 10 heteroatoms. The molecule has 0 fully saturated rings. The van der Waals surface area contributed by atoms with Crippen molar-refractivity contribution in [3.8, 4) is 5.75 Å². The predicted molar refractivity (Wildman–Crippen MR) is 166 cm³/mol. The highest BCUT2D eigenvalue weighted by Crippen LogP contribution is 2.35. The second-order valence-electron chi connectivity index (χ2n) is 10.3. The van der Waals surface area contributed by atoms with Crippen molar-refractivity contribution < 1.29 is 19.1 Å². The van der Waals surface area contributed by atoms with Gasteiger partial charge in [-0.2, -0.15) is 0 Å². The number of hydrogen-bond donors (Lipinski definition) is 2. The molecule has 0 saturated carbocycles. The Hall–Kier alpha value is -2.94. The van der Waals surface area contributed by atoms with Crippen LogP contribution < -0.4 is 15.4 Å². The largest absolute Gasteiger partial charge is 0.491 e. The van der Waals surface area contributed by atoms with Gasteiger partial charge in [-0.25, -0.2) is 4.79 Å². The minimum atomic E-state index is -0.548. The van der Waals surface area contributed by atoms with Crippen LogP contribution in [-0.4, -0.2) is 42.3 Å². The molecule has 0 aliphatic heterocycles. The first-order valence-corrected chi connectivity index (χ1v) is 15.3. The summed E-state index contributed by atoms with van der Waals surface area (Å²) in [4.78, 5) is 29.9. The van der Waals surface area contributed by atoms with Crippen LogP contribution in [0.2, 0.25) is 10.0 Å². The number of aromatic nitrogens is 1. The molecule has 1 aromatic heterocycles. The third kappa shape index (κ3) is 12.2. The Bertz CT molecular complexity index is 1270. The van der Waals surface area contributed by atoms with Crippen LogP contribution >= 0.6 is 35.0 Å². The van der Waals surface area contributed by atoms with Gasteiger partial charge in [0.1, 0.15) is 11.4 Å². The van der Waals surface area contributed by atoms with E-state index in [2.05, 4.69) is 22.8 Å². The number of benzene rings is 2. The average molecular weight is 619 g/mol. The molecule has 2 amide bonds. The Balaban J connectivity index is 1.55.